The number of benzene rings is 1. The van der Waals surface area contributed by atoms with Crippen molar-refractivity contribution < 1.29 is 13.9 Å². The molecule has 0 saturated carbocycles. The van der Waals surface area contributed by atoms with Gasteiger partial charge in [-0.2, -0.15) is 0 Å². The average molecular weight is 284 g/mol. The van der Waals surface area contributed by atoms with Gasteiger partial charge in [0.05, 0.1) is 11.3 Å². The summed E-state index contributed by atoms with van der Waals surface area (Å²) < 4.78 is 20.7. The Morgan fingerprint density at radius 2 is 2.19 bits per heavy atom. The van der Waals surface area contributed by atoms with E-state index < -0.39 is 5.82 Å². The minimum absolute atomic E-state index is 0.216. The molecule has 0 amide bonds. The van der Waals surface area contributed by atoms with Crippen LogP contribution in [0.5, 0.6) is 5.75 Å². The number of nitrogens with zero attached hydrogens (tertiary/aromatic N) is 2. The molecule has 0 atom stereocenters. The highest BCUT2D eigenvalue weighted by atomic mass is 19.1. The van der Waals surface area contributed by atoms with Crippen molar-refractivity contribution in [2.45, 2.75) is 13.5 Å². The first-order valence-electron chi connectivity index (χ1n) is 6.49. The third-order valence-corrected chi connectivity index (χ3v) is 3.11. The first kappa shape index (κ1) is 13.3. The molecule has 2 aromatic heterocycles. The quantitative estimate of drug-likeness (QED) is 0.691. The molecule has 0 aliphatic carbocycles. The number of halogens is 1. The molecule has 106 valence electrons. The predicted molar refractivity (Wildman–Crippen MR) is 75.9 cm³/mol. The van der Waals surface area contributed by atoms with Gasteiger partial charge in [-0.3, -0.25) is 4.79 Å². The van der Waals surface area contributed by atoms with E-state index in [1.165, 1.54) is 25.1 Å². The minimum Gasteiger partial charge on any atom is -0.486 e. The van der Waals surface area contributed by atoms with Gasteiger partial charge in [0.1, 0.15) is 23.8 Å². The number of ketones is 1. The summed E-state index contributed by atoms with van der Waals surface area (Å²) in [4.78, 5) is 15.9. The lowest BCUT2D eigenvalue weighted by Gasteiger charge is -2.08. The summed E-state index contributed by atoms with van der Waals surface area (Å²) in [5.74, 6) is -0.333. The molecule has 0 aliphatic heterocycles. The molecular weight excluding hydrogens is 271 g/mol. The van der Waals surface area contributed by atoms with Crippen LogP contribution in [0.25, 0.3) is 5.65 Å². The molecule has 3 rings (SSSR count). The van der Waals surface area contributed by atoms with Crippen molar-refractivity contribution in [2.24, 2.45) is 0 Å². The second-order valence-electron chi connectivity index (χ2n) is 4.68. The van der Waals surface area contributed by atoms with Crippen LogP contribution in [0.1, 0.15) is 23.0 Å². The van der Waals surface area contributed by atoms with Crippen LogP contribution in [0.2, 0.25) is 0 Å². The first-order chi connectivity index (χ1) is 10.1. The zero-order valence-corrected chi connectivity index (χ0v) is 11.4. The lowest BCUT2D eigenvalue weighted by Crippen LogP contribution is -2.02. The third-order valence-electron chi connectivity index (χ3n) is 3.11. The fraction of sp³-hybridized carbons (Fsp3) is 0.125. The highest BCUT2D eigenvalue weighted by molar-refractivity contribution is 5.96. The van der Waals surface area contributed by atoms with Crippen molar-refractivity contribution in [2.75, 3.05) is 0 Å². The van der Waals surface area contributed by atoms with Crippen molar-refractivity contribution in [3.63, 3.8) is 0 Å². The second kappa shape index (κ2) is 5.36. The van der Waals surface area contributed by atoms with E-state index in [1.807, 2.05) is 35.0 Å². The lowest BCUT2D eigenvalue weighted by molar-refractivity contribution is 0.101. The van der Waals surface area contributed by atoms with E-state index in [9.17, 15) is 9.18 Å². The van der Waals surface area contributed by atoms with Gasteiger partial charge in [0, 0.05) is 12.4 Å². The summed E-state index contributed by atoms with van der Waals surface area (Å²) in [7, 11) is 0. The standard InChI is InChI=1S/C16H13FN2O2/c1-11(20)14-8-12(17)5-6-15(14)21-10-13-9-19-7-3-2-4-16(19)18-13/h2-9H,10H2,1H3. The molecule has 5 heteroatoms. The van der Waals surface area contributed by atoms with Crippen molar-refractivity contribution in [1.29, 1.82) is 0 Å². The number of hydrogen-bond acceptors (Lipinski definition) is 3. The Bertz CT molecular complexity index is 778. The first-order valence-corrected chi connectivity index (χ1v) is 6.49. The SMILES string of the molecule is CC(=O)c1cc(F)ccc1OCc1cn2ccccc2n1. The van der Waals surface area contributed by atoms with Crippen molar-refractivity contribution in [3.05, 3.63) is 65.9 Å². The van der Waals surface area contributed by atoms with E-state index in [2.05, 4.69) is 4.98 Å². The Hall–Kier alpha value is -2.69. The van der Waals surface area contributed by atoms with Gasteiger partial charge in [-0.15, -0.1) is 0 Å². The summed E-state index contributed by atoms with van der Waals surface area (Å²) in [5.41, 5.74) is 1.79. The minimum atomic E-state index is -0.458. The second-order valence-corrected chi connectivity index (χ2v) is 4.68. The smallest absolute Gasteiger partial charge is 0.163 e. The van der Waals surface area contributed by atoms with Crippen molar-refractivity contribution in [3.8, 4) is 5.75 Å². The van der Waals surface area contributed by atoms with E-state index in [0.29, 0.717) is 5.75 Å². The predicted octanol–water partition coefficient (Wildman–Crippen LogP) is 3.26. The molecule has 4 nitrogen and oxygen atoms in total. The molecule has 1 aromatic carbocycles. The largest absolute Gasteiger partial charge is 0.486 e. The maximum Gasteiger partial charge on any atom is 0.163 e. The van der Waals surface area contributed by atoms with E-state index in [1.54, 1.807) is 0 Å². The normalized spacial score (nSPS) is 10.8. The average Bonchev–Trinajstić information content (AvgIpc) is 2.88. The number of fused-ring (bicyclic) bond motifs is 1. The number of rotatable bonds is 4. The molecule has 0 unspecified atom stereocenters. The van der Waals surface area contributed by atoms with Crippen LogP contribution in [-0.4, -0.2) is 15.2 Å². The molecule has 0 saturated heterocycles. The van der Waals surface area contributed by atoms with E-state index in [-0.39, 0.29) is 18.0 Å². The number of Topliss-reactive ketones (excluding diaryl/α,β-unsaturated/α-hetero) is 1. The van der Waals surface area contributed by atoms with Gasteiger partial charge in [0.2, 0.25) is 0 Å². The van der Waals surface area contributed by atoms with Crippen LogP contribution in [0.4, 0.5) is 4.39 Å². The Balaban J connectivity index is 1.83. The number of ether oxygens (including phenoxy) is 1. The van der Waals surface area contributed by atoms with Crippen LogP contribution in [-0.2, 0) is 6.61 Å². The Morgan fingerprint density at radius 1 is 1.33 bits per heavy atom. The maximum atomic E-state index is 13.2. The zero-order chi connectivity index (χ0) is 14.8. The van der Waals surface area contributed by atoms with E-state index in [4.69, 9.17) is 4.74 Å². The van der Waals surface area contributed by atoms with Crippen LogP contribution >= 0.6 is 0 Å². The number of imidazole rings is 1. The monoisotopic (exact) mass is 284 g/mol. The maximum absolute atomic E-state index is 13.2. The molecule has 21 heavy (non-hydrogen) atoms. The summed E-state index contributed by atoms with van der Waals surface area (Å²) in [6.45, 7) is 1.60. The molecular formula is C16H13FN2O2. The molecule has 0 N–H and O–H groups in total. The van der Waals surface area contributed by atoms with Crippen LogP contribution in [0, 0.1) is 5.82 Å². The molecule has 0 aliphatic rings. The molecule has 3 aromatic rings. The highest BCUT2D eigenvalue weighted by Gasteiger charge is 2.11. The molecule has 0 radical (unpaired) electrons. The fourth-order valence-electron chi connectivity index (χ4n) is 2.11. The van der Waals surface area contributed by atoms with Gasteiger partial charge in [0.25, 0.3) is 0 Å². The van der Waals surface area contributed by atoms with Gasteiger partial charge in [-0.1, -0.05) is 6.07 Å². The molecule has 0 bridgehead atoms. The topological polar surface area (TPSA) is 43.6 Å². The van der Waals surface area contributed by atoms with Gasteiger partial charge in [-0.25, -0.2) is 9.37 Å². The van der Waals surface area contributed by atoms with Crippen molar-refractivity contribution in [1.82, 2.24) is 9.38 Å². The van der Waals surface area contributed by atoms with Gasteiger partial charge in [0.15, 0.2) is 5.78 Å². The Kier molecular flexibility index (Phi) is 3.39. The van der Waals surface area contributed by atoms with Gasteiger partial charge >= 0.3 is 0 Å². The zero-order valence-electron chi connectivity index (χ0n) is 11.4. The summed E-state index contributed by atoms with van der Waals surface area (Å²) in [6, 6.07) is 9.62. The molecule has 2 heterocycles. The number of aromatic nitrogens is 2. The lowest BCUT2D eigenvalue weighted by atomic mass is 10.1. The number of pyridine rings is 1. The van der Waals surface area contributed by atoms with E-state index >= 15 is 0 Å². The van der Waals surface area contributed by atoms with Crippen LogP contribution < -0.4 is 4.74 Å². The van der Waals surface area contributed by atoms with Gasteiger partial charge in [-0.05, 0) is 37.3 Å². The van der Waals surface area contributed by atoms with E-state index in [0.717, 1.165) is 11.3 Å². The van der Waals surface area contributed by atoms with Crippen molar-refractivity contribution >= 4 is 11.4 Å². The Labute approximate surface area is 120 Å². The fourth-order valence-corrected chi connectivity index (χ4v) is 2.11. The van der Waals surface area contributed by atoms with Crippen LogP contribution in [0.15, 0.2) is 48.8 Å². The molecule has 0 spiro atoms. The Morgan fingerprint density at radius 3 is 2.95 bits per heavy atom. The van der Waals surface area contributed by atoms with Crippen LogP contribution in [0.3, 0.4) is 0 Å². The number of hydrogen-bond donors (Lipinski definition) is 0. The highest BCUT2D eigenvalue weighted by Crippen LogP contribution is 2.21. The summed E-state index contributed by atoms with van der Waals surface area (Å²) >= 11 is 0. The number of carbonyl (C=O) groups is 1. The molecule has 0 fully saturated rings. The number of carbonyl (C=O) groups excluding carboxylic acids is 1. The van der Waals surface area contributed by atoms with Gasteiger partial charge < -0.3 is 9.14 Å². The summed E-state index contributed by atoms with van der Waals surface area (Å²) in [6.07, 6.45) is 3.75. The summed E-state index contributed by atoms with van der Waals surface area (Å²) in [5, 5.41) is 0. The third kappa shape index (κ3) is 2.76.